The molecule has 1 aromatic heterocycles. The van der Waals surface area contributed by atoms with Crippen LogP contribution >= 0.6 is 0 Å². The van der Waals surface area contributed by atoms with Crippen molar-refractivity contribution in [2.24, 2.45) is 0 Å². The minimum Gasteiger partial charge on any atom is -0.326 e. The van der Waals surface area contributed by atoms with Crippen LogP contribution in [0.5, 0.6) is 0 Å². The van der Waals surface area contributed by atoms with Crippen LogP contribution < -0.4 is 22.4 Å². The zero-order valence-corrected chi connectivity index (χ0v) is 14.3. The van der Waals surface area contributed by atoms with Crippen molar-refractivity contribution in [2.45, 2.75) is 26.1 Å². The molecule has 0 fully saturated rings. The number of rotatable bonds is 8. The predicted molar refractivity (Wildman–Crippen MR) is 99.3 cm³/mol. The Morgan fingerprint density at radius 1 is 0.885 bits per heavy atom. The molecule has 8 nitrogen and oxygen atoms in total. The van der Waals surface area contributed by atoms with Gasteiger partial charge in [0.25, 0.3) is 0 Å². The minimum atomic E-state index is -0.771. The van der Waals surface area contributed by atoms with Gasteiger partial charge in [0.05, 0.1) is 13.1 Å². The van der Waals surface area contributed by atoms with E-state index in [0.29, 0.717) is 5.69 Å². The van der Waals surface area contributed by atoms with Crippen molar-refractivity contribution < 1.29 is 4.79 Å². The Morgan fingerprint density at radius 2 is 1.38 bits per heavy atom. The fourth-order valence-electron chi connectivity index (χ4n) is 2.40. The zero-order valence-electron chi connectivity index (χ0n) is 14.3. The minimum absolute atomic E-state index is 0.0364. The molecule has 0 aliphatic carbocycles. The predicted octanol–water partition coefficient (Wildman–Crippen LogP) is 0.572. The maximum atomic E-state index is 12.4. The van der Waals surface area contributed by atoms with E-state index < -0.39 is 17.1 Å². The number of allylic oxidation sites excluding steroid dienone is 2. The largest absolute Gasteiger partial charge is 0.336 e. The fourth-order valence-corrected chi connectivity index (χ4v) is 2.40. The Hall–Kier alpha value is -3.42. The van der Waals surface area contributed by atoms with Gasteiger partial charge >= 0.3 is 17.1 Å². The Labute approximate surface area is 149 Å². The van der Waals surface area contributed by atoms with Gasteiger partial charge in [-0.2, -0.15) is 0 Å². The third-order valence-electron chi connectivity index (χ3n) is 3.63. The first-order valence-electron chi connectivity index (χ1n) is 8.00. The fraction of sp³-hybridized carbons (Fsp3) is 0.222. The summed E-state index contributed by atoms with van der Waals surface area (Å²) in [4.78, 5) is 49.2. The summed E-state index contributed by atoms with van der Waals surface area (Å²) in [7, 11) is 0. The highest BCUT2D eigenvalue weighted by Crippen LogP contribution is 2.05. The molecule has 136 valence electrons. The molecule has 0 unspecified atom stereocenters. The number of nitrogens with one attached hydrogen (secondary N) is 1. The molecule has 0 atom stereocenters. The van der Waals surface area contributed by atoms with Crippen LogP contribution in [0.4, 0.5) is 5.69 Å². The van der Waals surface area contributed by atoms with E-state index in [2.05, 4.69) is 18.5 Å². The molecule has 2 rings (SSSR count). The Balaban J connectivity index is 2.30. The van der Waals surface area contributed by atoms with E-state index in [1.54, 1.807) is 24.3 Å². The molecule has 0 aliphatic rings. The molecule has 1 aromatic carbocycles. The van der Waals surface area contributed by atoms with Crippen LogP contribution in [-0.4, -0.2) is 19.6 Å². The van der Waals surface area contributed by atoms with Crippen molar-refractivity contribution in [3.05, 3.63) is 87.1 Å². The van der Waals surface area contributed by atoms with E-state index in [4.69, 9.17) is 0 Å². The first kappa shape index (κ1) is 18.9. The van der Waals surface area contributed by atoms with Gasteiger partial charge < -0.3 is 5.32 Å². The monoisotopic (exact) mass is 356 g/mol. The van der Waals surface area contributed by atoms with Gasteiger partial charge in [0, 0.05) is 18.7 Å². The van der Waals surface area contributed by atoms with Gasteiger partial charge in [-0.05, 0) is 12.1 Å². The third-order valence-corrected chi connectivity index (χ3v) is 3.63. The van der Waals surface area contributed by atoms with E-state index in [0.717, 1.165) is 13.7 Å². The number of carbonyl (C=O) groups is 1. The summed E-state index contributed by atoms with van der Waals surface area (Å²) in [6.07, 6.45) is 2.68. The van der Waals surface area contributed by atoms with Crippen LogP contribution in [0.25, 0.3) is 0 Å². The molecular weight excluding hydrogens is 336 g/mol. The molecule has 1 N–H and O–H groups in total. The molecule has 0 radical (unpaired) electrons. The molecule has 8 heteroatoms. The summed E-state index contributed by atoms with van der Waals surface area (Å²) in [6, 6.07) is 8.83. The Morgan fingerprint density at radius 3 is 1.88 bits per heavy atom. The Bertz CT molecular complexity index is 935. The van der Waals surface area contributed by atoms with Crippen LogP contribution in [0.1, 0.15) is 6.42 Å². The van der Waals surface area contributed by atoms with E-state index in [-0.39, 0.29) is 32.0 Å². The van der Waals surface area contributed by atoms with Crippen molar-refractivity contribution in [3.8, 4) is 0 Å². The molecule has 2 aromatic rings. The number of anilines is 1. The zero-order chi connectivity index (χ0) is 19.1. The lowest BCUT2D eigenvalue weighted by molar-refractivity contribution is -0.116. The smallest absolute Gasteiger partial charge is 0.326 e. The number of benzene rings is 1. The van der Waals surface area contributed by atoms with Crippen molar-refractivity contribution in [1.29, 1.82) is 0 Å². The molecule has 0 saturated heterocycles. The number of carbonyl (C=O) groups excluding carboxylic acids is 1. The number of para-hydroxylation sites is 1. The average Bonchev–Trinajstić information content (AvgIpc) is 2.63. The van der Waals surface area contributed by atoms with Crippen molar-refractivity contribution in [2.75, 3.05) is 5.32 Å². The number of hydrogen-bond donors (Lipinski definition) is 1. The summed E-state index contributed by atoms with van der Waals surface area (Å²) < 4.78 is 2.67. The lowest BCUT2D eigenvalue weighted by atomic mass is 10.3. The van der Waals surface area contributed by atoms with Crippen molar-refractivity contribution >= 4 is 11.6 Å². The topological polar surface area (TPSA) is 95.1 Å². The SMILES string of the molecule is C=CCn1c(=O)n(CC=C)c(=O)n(CCC(=O)Nc2ccccc2)c1=O. The molecule has 0 spiro atoms. The summed E-state index contributed by atoms with van der Waals surface area (Å²) in [6.45, 7) is 6.79. The highest BCUT2D eigenvalue weighted by molar-refractivity contribution is 5.90. The van der Waals surface area contributed by atoms with Gasteiger partial charge in [0.15, 0.2) is 0 Å². The number of amides is 1. The standard InChI is InChI=1S/C18H20N4O4/c1-3-11-20-16(24)21(12-4-2)18(26)22(17(20)25)13-10-15(23)19-14-8-6-5-7-9-14/h3-9H,1-2,10-13H2,(H,19,23). The molecule has 1 heterocycles. The number of hydrogen-bond acceptors (Lipinski definition) is 4. The summed E-state index contributed by atoms with van der Waals surface area (Å²) >= 11 is 0. The summed E-state index contributed by atoms with van der Waals surface area (Å²) in [5.74, 6) is -0.348. The normalized spacial score (nSPS) is 10.3. The van der Waals surface area contributed by atoms with E-state index in [1.807, 2.05) is 6.07 Å². The quantitative estimate of drug-likeness (QED) is 0.700. The highest BCUT2D eigenvalue weighted by atomic mass is 16.2. The highest BCUT2D eigenvalue weighted by Gasteiger charge is 2.15. The van der Waals surface area contributed by atoms with Gasteiger partial charge in [0.1, 0.15) is 0 Å². The van der Waals surface area contributed by atoms with E-state index in [1.165, 1.54) is 12.2 Å². The molecule has 1 amide bonds. The van der Waals surface area contributed by atoms with Crippen molar-refractivity contribution in [3.63, 3.8) is 0 Å². The molecule has 0 aliphatic heterocycles. The third kappa shape index (κ3) is 4.15. The van der Waals surface area contributed by atoms with Gasteiger partial charge in [-0.1, -0.05) is 30.4 Å². The molecule has 0 bridgehead atoms. The van der Waals surface area contributed by atoms with E-state index in [9.17, 15) is 19.2 Å². The maximum absolute atomic E-state index is 12.4. The first-order chi connectivity index (χ1) is 12.5. The van der Waals surface area contributed by atoms with Crippen molar-refractivity contribution in [1.82, 2.24) is 13.7 Å². The van der Waals surface area contributed by atoms with Crippen LogP contribution in [0.3, 0.4) is 0 Å². The first-order valence-corrected chi connectivity index (χ1v) is 8.00. The molecule has 26 heavy (non-hydrogen) atoms. The number of aromatic nitrogens is 3. The van der Waals surface area contributed by atoms with Crippen LogP contribution in [-0.2, 0) is 24.4 Å². The van der Waals surface area contributed by atoms with Gasteiger partial charge in [-0.25, -0.2) is 28.1 Å². The molecular formula is C18H20N4O4. The van der Waals surface area contributed by atoms with Crippen LogP contribution in [0.15, 0.2) is 70.0 Å². The summed E-state index contributed by atoms with van der Waals surface area (Å²) in [5, 5.41) is 2.68. The molecule has 0 saturated carbocycles. The Kier molecular flexibility index (Phi) is 6.26. The second-order valence-electron chi connectivity index (χ2n) is 5.46. The average molecular weight is 356 g/mol. The summed E-state index contributed by atoms with van der Waals surface area (Å²) in [5.41, 5.74) is -1.66. The number of nitrogens with zero attached hydrogens (tertiary/aromatic N) is 3. The van der Waals surface area contributed by atoms with Gasteiger partial charge in [-0.15, -0.1) is 13.2 Å². The van der Waals surface area contributed by atoms with E-state index >= 15 is 0 Å². The van der Waals surface area contributed by atoms with Crippen LogP contribution in [0.2, 0.25) is 0 Å². The van der Waals surface area contributed by atoms with Crippen LogP contribution in [0, 0.1) is 0 Å². The lowest BCUT2D eigenvalue weighted by Crippen LogP contribution is -2.54. The second kappa shape index (κ2) is 8.61. The second-order valence-corrected chi connectivity index (χ2v) is 5.46. The maximum Gasteiger partial charge on any atom is 0.336 e. The van der Waals surface area contributed by atoms with Gasteiger partial charge in [0.2, 0.25) is 5.91 Å². The lowest BCUT2D eigenvalue weighted by Gasteiger charge is -2.12. The van der Waals surface area contributed by atoms with Gasteiger partial charge in [-0.3, -0.25) is 4.79 Å².